The van der Waals surface area contributed by atoms with Gasteiger partial charge in [0, 0.05) is 26.2 Å². The molecule has 0 spiro atoms. The highest BCUT2D eigenvalue weighted by molar-refractivity contribution is 5.86. The first kappa shape index (κ1) is 14.0. The van der Waals surface area contributed by atoms with Crippen molar-refractivity contribution in [2.75, 3.05) is 33.9 Å². The summed E-state index contributed by atoms with van der Waals surface area (Å²) < 4.78 is 5.15. The normalized spacial score (nSPS) is 13.1. The fraction of sp³-hybridized carbons (Fsp3) is 0.375. The summed E-state index contributed by atoms with van der Waals surface area (Å²) in [6.45, 7) is 2.20. The summed E-state index contributed by atoms with van der Waals surface area (Å²) in [5.74, 6) is 0. The van der Waals surface area contributed by atoms with Gasteiger partial charge in [0.05, 0.1) is 6.61 Å². The highest BCUT2D eigenvalue weighted by Gasteiger charge is 2.17. The number of rotatable bonds is 6. The zero-order valence-corrected chi connectivity index (χ0v) is 11.7. The molecule has 0 saturated heterocycles. The number of methoxy groups -OCH3 is 1. The predicted molar refractivity (Wildman–Crippen MR) is 80.2 cm³/mol. The van der Waals surface area contributed by atoms with Gasteiger partial charge in [-0.25, -0.2) is 0 Å². The van der Waals surface area contributed by atoms with Gasteiger partial charge in [-0.05, 0) is 23.4 Å². The molecule has 0 heterocycles. The summed E-state index contributed by atoms with van der Waals surface area (Å²) in [4.78, 5) is 2.26. The molecule has 3 heteroatoms. The Balaban J connectivity index is 2.35. The van der Waals surface area contributed by atoms with Crippen molar-refractivity contribution in [2.24, 2.45) is 5.73 Å². The molecule has 0 aromatic heterocycles. The molecule has 2 aromatic rings. The van der Waals surface area contributed by atoms with Crippen molar-refractivity contribution >= 4 is 10.8 Å². The molecule has 1 atom stereocenters. The molecule has 2 aromatic carbocycles. The van der Waals surface area contributed by atoms with Crippen LogP contribution >= 0.6 is 0 Å². The van der Waals surface area contributed by atoms with Gasteiger partial charge in [0.2, 0.25) is 0 Å². The minimum atomic E-state index is 0.223. The number of hydrogen-bond acceptors (Lipinski definition) is 3. The van der Waals surface area contributed by atoms with E-state index in [9.17, 15) is 0 Å². The van der Waals surface area contributed by atoms with E-state index in [0.717, 1.165) is 13.2 Å². The highest BCUT2D eigenvalue weighted by atomic mass is 16.5. The smallest absolute Gasteiger partial charge is 0.0589 e. The van der Waals surface area contributed by atoms with E-state index < -0.39 is 0 Å². The van der Waals surface area contributed by atoms with Gasteiger partial charge >= 0.3 is 0 Å². The Kier molecular flexibility index (Phi) is 4.91. The summed E-state index contributed by atoms with van der Waals surface area (Å²) in [7, 11) is 3.82. The lowest BCUT2D eigenvalue weighted by atomic mass is 9.98. The molecule has 3 nitrogen and oxygen atoms in total. The molecule has 0 aliphatic carbocycles. The Morgan fingerprint density at radius 2 is 1.89 bits per heavy atom. The minimum Gasteiger partial charge on any atom is -0.383 e. The molecule has 19 heavy (non-hydrogen) atoms. The number of likely N-dealkylation sites (N-methyl/N-ethyl adjacent to an activating group) is 1. The third kappa shape index (κ3) is 3.13. The van der Waals surface area contributed by atoms with Crippen LogP contribution in [-0.2, 0) is 4.74 Å². The largest absolute Gasteiger partial charge is 0.383 e. The van der Waals surface area contributed by atoms with Gasteiger partial charge in [-0.15, -0.1) is 0 Å². The zero-order valence-electron chi connectivity index (χ0n) is 11.7. The van der Waals surface area contributed by atoms with E-state index in [-0.39, 0.29) is 6.04 Å². The van der Waals surface area contributed by atoms with Crippen LogP contribution in [0.15, 0.2) is 42.5 Å². The van der Waals surface area contributed by atoms with Gasteiger partial charge in [-0.2, -0.15) is 0 Å². The number of ether oxygens (including phenoxy) is 1. The van der Waals surface area contributed by atoms with Crippen molar-refractivity contribution in [3.05, 3.63) is 48.0 Å². The topological polar surface area (TPSA) is 38.5 Å². The van der Waals surface area contributed by atoms with Gasteiger partial charge in [0.1, 0.15) is 0 Å². The number of benzene rings is 2. The minimum absolute atomic E-state index is 0.223. The second-order valence-corrected chi connectivity index (χ2v) is 4.79. The van der Waals surface area contributed by atoms with Crippen molar-refractivity contribution < 1.29 is 4.74 Å². The standard InChI is InChI=1S/C16H22N2O/c1-18(10-11-19-2)16(12-17)15-9-5-7-13-6-3-4-8-14(13)15/h3-9,16H,10-12,17H2,1-2H3. The first-order chi connectivity index (χ1) is 9.27. The van der Waals surface area contributed by atoms with E-state index in [4.69, 9.17) is 10.5 Å². The average molecular weight is 258 g/mol. The second kappa shape index (κ2) is 6.66. The van der Waals surface area contributed by atoms with Crippen molar-refractivity contribution in [2.45, 2.75) is 6.04 Å². The molecule has 0 amide bonds. The monoisotopic (exact) mass is 258 g/mol. The third-order valence-corrected chi connectivity index (χ3v) is 3.59. The molecule has 0 bridgehead atoms. The van der Waals surface area contributed by atoms with Crippen molar-refractivity contribution in [1.82, 2.24) is 4.90 Å². The average Bonchev–Trinajstić information content (AvgIpc) is 2.46. The molecule has 2 N–H and O–H groups in total. The fourth-order valence-electron chi connectivity index (χ4n) is 2.48. The summed E-state index contributed by atoms with van der Waals surface area (Å²) in [6.07, 6.45) is 0. The number of nitrogens with zero attached hydrogens (tertiary/aromatic N) is 1. The van der Waals surface area contributed by atoms with Crippen molar-refractivity contribution in [3.63, 3.8) is 0 Å². The van der Waals surface area contributed by atoms with Crippen LogP contribution in [0.1, 0.15) is 11.6 Å². The maximum absolute atomic E-state index is 5.99. The van der Waals surface area contributed by atoms with Crippen LogP contribution in [0.25, 0.3) is 10.8 Å². The van der Waals surface area contributed by atoms with Gasteiger partial charge in [-0.3, -0.25) is 4.90 Å². The fourth-order valence-corrected chi connectivity index (χ4v) is 2.48. The van der Waals surface area contributed by atoms with E-state index in [1.54, 1.807) is 7.11 Å². The Hall–Kier alpha value is -1.42. The Morgan fingerprint density at radius 1 is 1.16 bits per heavy atom. The third-order valence-electron chi connectivity index (χ3n) is 3.59. The highest BCUT2D eigenvalue weighted by Crippen LogP contribution is 2.26. The molecule has 102 valence electrons. The van der Waals surface area contributed by atoms with Crippen LogP contribution in [0, 0.1) is 0 Å². The molecule has 0 aliphatic heterocycles. The van der Waals surface area contributed by atoms with E-state index >= 15 is 0 Å². The van der Waals surface area contributed by atoms with Crippen LogP contribution in [0.5, 0.6) is 0 Å². The molecule has 1 unspecified atom stereocenters. The van der Waals surface area contributed by atoms with Crippen molar-refractivity contribution in [3.8, 4) is 0 Å². The van der Waals surface area contributed by atoms with Gasteiger partial charge < -0.3 is 10.5 Å². The Morgan fingerprint density at radius 3 is 2.63 bits per heavy atom. The first-order valence-electron chi connectivity index (χ1n) is 6.65. The van der Waals surface area contributed by atoms with Crippen molar-refractivity contribution in [1.29, 1.82) is 0 Å². The van der Waals surface area contributed by atoms with E-state index in [2.05, 4.69) is 54.4 Å². The summed E-state index contributed by atoms with van der Waals surface area (Å²) in [5, 5.41) is 2.54. The molecule has 0 aliphatic rings. The lowest BCUT2D eigenvalue weighted by molar-refractivity contribution is 0.141. The van der Waals surface area contributed by atoms with Crippen LogP contribution in [0.2, 0.25) is 0 Å². The Bertz CT molecular complexity index is 522. The van der Waals surface area contributed by atoms with Gasteiger partial charge in [0.25, 0.3) is 0 Å². The molecular formula is C16H22N2O. The molecule has 2 rings (SSSR count). The first-order valence-corrected chi connectivity index (χ1v) is 6.65. The molecule has 0 saturated carbocycles. The summed E-state index contributed by atoms with van der Waals surface area (Å²) in [5.41, 5.74) is 7.28. The Labute approximate surface area is 115 Å². The lowest BCUT2D eigenvalue weighted by Crippen LogP contribution is -2.33. The van der Waals surface area contributed by atoms with Crippen LogP contribution in [0.3, 0.4) is 0 Å². The number of nitrogens with two attached hydrogens (primary N) is 1. The van der Waals surface area contributed by atoms with Gasteiger partial charge in [0.15, 0.2) is 0 Å². The number of hydrogen-bond donors (Lipinski definition) is 1. The van der Waals surface area contributed by atoms with Crippen LogP contribution < -0.4 is 5.73 Å². The lowest BCUT2D eigenvalue weighted by Gasteiger charge is -2.28. The second-order valence-electron chi connectivity index (χ2n) is 4.79. The predicted octanol–water partition coefficient (Wildman–Crippen LogP) is 2.42. The summed E-state index contributed by atoms with van der Waals surface area (Å²) >= 11 is 0. The zero-order chi connectivity index (χ0) is 13.7. The van der Waals surface area contributed by atoms with Crippen LogP contribution in [-0.4, -0.2) is 38.8 Å². The van der Waals surface area contributed by atoms with E-state index in [1.165, 1.54) is 16.3 Å². The SMILES string of the molecule is COCCN(C)C(CN)c1cccc2ccccc12. The quantitative estimate of drug-likeness (QED) is 0.865. The number of fused-ring (bicyclic) bond motifs is 1. The molecule has 0 radical (unpaired) electrons. The van der Waals surface area contributed by atoms with E-state index in [0.29, 0.717) is 6.54 Å². The molecular weight excluding hydrogens is 236 g/mol. The van der Waals surface area contributed by atoms with E-state index in [1.807, 2.05) is 0 Å². The maximum atomic E-state index is 5.99. The van der Waals surface area contributed by atoms with Crippen LogP contribution in [0.4, 0.5) is 0 Å². The van der Waals surface area contributed by atoms with Gasteiger partial charge in [-0.1, -0.05) is 42.5 Å². The molecule has 0 fully saturated rings. The summed E-state index contributed by atoms with van der Waals surface area (Å²) in [6, 6.07) is 15.1. The maximum Gasteiger partial charge on any atom is 0.0589 e.